The molecule has 0 amide bonds. The van der Waals surface area contributed by atoms with Gasteiger partial charge in [-0.25, -0.2) is 22.5 Å². The Morgan fingerprint density at radius 2 is 1.76 bits per heavy atom. The summed E-state index contributed by atoms with van der Waals surface area (Å²) in [5.74, 6) is -0.485. The predicted octanol–water partition coefficient (Wildman–Crippen LogP) is 5.24. The second kappa shape index (κ2) is 10.4. The summed E-state index contributed by atoms with van der Waals surface area (Å²) < 4.78 is 40.0. The van der Waals surface area contributed by atoms with Crippen molar-refractivity contribution in [2.45, 2.75) is 26.4 Å². The molecule has 0 saturated carbocycles. The van der Waals surface area contributed by atoms with Crippen LogP contribution >= 0.6 is 0 Å². The SMILES string of the molecule is CC(C)Nc1cncc(-c2cnc3[nH]nc(-c4cc5c(-c6cc(F)cc(CNS(C)(=O)=O)c6)nccc5[nH]4)c3c2)c1. The number of halogens is 1. The van der Waals surface area contributed by atoms with Gasteiger partial charge in [-0.1, -0.05) is 0 Å². The Balaban J connectivity index is 1.40. The summed E-state index contributed by atoms with van der Waals surface area (Å²) in [6.45, 7) is 4.12. The van der Waals surface area contributed by atoms with Crippen molar-refractivity contribution in [2.75, 3.05) is 11.6 Å². The number of aromatic amines is 2. The van der Waals surface area contributed by atoms with Gasteiger partial charge in [-0.05, 0) is 61.9 Å². The van der Waals surface area contributed by atoms with Crippen LogP contribution in [0.1, 0.15) is 19.4 Å². The van der Waals surface area contributed by atoms with E-state index < -0.39 is 15.8 Å². The molecule has 1 aromatic carbocycles. The molecule has 10 nitrogen and oxygen atoms in total. The maximum atomic E-state index is 14.6. The second-order valence-electron chi connectivity index (χ2n) is 10.2. The van der Waals surface area contributed by atoms with Gasteiger partial charge in [0.15, 0.2) is 5.65 Å². The van der Waals surface area contributed by atoms with E-state index in [-0.39, 0.29) is 12.6 Å². The Bertz CT molecular complexity index is 2020. The van der Waals surface area contributed by atoms with E-state index in [1.165, 1.54) is 12.1 Å². The molecular formula is C29H27FN8O2S. The number of nitrogens with one attached hydrogen (secondary N) is 4. The first-order chi connectivity index (χ1) is 19.6. The van der Waals surface area contributed by atoms with Gasteiger partial charge in [0, 0.05) is 70.4 Å². The van der Waals surface area contributed by atoms with Crippen LogP contribution in [0.5, 0.6) is 0 Å². The monoisotopic (exact) mass is 570 g/mol. The Labute approximate surface area is 235 Å². The zero-order valence-corrected chi connectivity index (χ0v) is 23.3. The number of fused-ring (bicyclic) bond motifs is 2. The van der Waals surface area contributed by atoms with Gasteiger partial charge in [0.05, 0.1) is 23.3 Å². The first-order valence-corrected chi connectivity index (χ1v) is 14.8. The lowest BCUT2D eigenvalue weighted by molar-refractivity contribution is 0.586. The van der Waals surface area contributed by atoms with Crippen molar-refractivity contribution in [1.82, 2.24) is 34.9 Å². The lowest BCUT2D eigenvalue weighted by Crippen LogP contribution is -2.21. The lowest BCUT2D eigenvalue weighted by atomic mass is 10.0. The number of rotatable bonds is 8. The third kappa shape index (κ3) is 5.65. The smallest absolute Gasteiger partial charge is 0.209 e. The van der Waals surface area contributed by atoms with Crippen molar-refractivity contribution in [3.05, 3.63) is 78.6 Å². The zero-order valence-electron chi connectivity index (χ0n) is 22.5. The number of nitrogens with zero attached hydrogens (tertiary/aromatic N) is 4. The van der Waals surface area contributed by atoms with Crippen LogP contribution in [0, 0.1) is 5.82 Å². The van der Waals surface area contributed by atoms with Crippen LogP contribution in [0.25, 0.3) is 55.7 Å². The molecule has 0 aliphatic rings. The van der Waals surface area contributed by atoms with Crippen LogP contribution in [0.3, 0.4) is 0 Å². The van der Waals surface area contributed by atoms with Gasteiger partial charge in [-0.3, -0.25) is 15.1 Å². The number of H-pyrrole nitrogens is 2. The van der Waals surface area contributed by atoms with E-state index in [0.717, 1.165) is 45.1 Å². The summed E-state index contributed by atoms with van der Waals surface area (Å²) in [5.41, 5.74) is 7.17. The van der Waals surface area contributed by atoms with Crippen LogP contribution in [-0.2, 0) is 16.6 Å². The number of aromatic nitrogens is 6. The van der Waals surface area contributed by atoms with E-state index in [9.17, 15) is 12.8 Å². The molecule has 0 fully saturated rings. The molecule has 6 aromatic rings. The number of hydrogen-bond acceptors (Lipinski definition) is 7. The molecule has 41 heavy (non-hydrogen) atoms. The van der Waals surface area contributed by atoms with Gasteiger partial charge in [-0.15, -0.1) is 0 Å². The van der Waals surface area contributed by atoms with Crippen molar-refractivity contribution >= 4 is 37.6 Å². The van der Waals surface area contributed by atoms with E-state index in [2.05, 4.69) is 54.0 Å². The molecule has 0 aliphatic heterocycles. The summed E-state index contributed by atoms with van der Waals surface area (Å²) in [4.78, 5) is 16.9. The zero-order chi connectivity index (χ0) is 28.7. The fraction of sp³-hybridized carbons (Fsp3) is 0.172. The van der Waals surface area contributed by atoms with Crippen molar-refractivity contribution in [1.29, 1.82) is 0 Å². The van der Waals surface area contributed by atoms with Crippen LogP contribution < -0.4 is 10.0 Å². The minimum Gasteiger partial charge on any atom is -0.382 e. The second-order valence-corrected chi connectivity index (χ2v) is 12.0. The molecule has 0 unspecified atom stereocenters. The summed E-state index contributed by atoms with van der Waals surface area (Å²) >= 11 is 0. The molecule has 6 rings (SSSR count). The Morgan fingerprint density at radius 1 is 0.927 bits per heavy atom. The van der Waals surface area contributed by atoms with E-state index in [0.29, 0.717) is 28.2 Å². The first-order valence-electron chi connectivity index (χ1n) is 12.9. The molecule has 208 valence electrons. The normalized spacial score (nSPS) is 12.0. The quantitative estimate of drug-likeness (QED) is 0.196. The largest absolute Gasteiger partial charge is 0.382 e. The van der Waals surface area contributed by atoms with E-state index in [1.807, 2.05) is 24.3 Å². The Kier molecular flexibility index (Phi) is 6.72. The molecule has 0 saturated heterocycles. The number of sulfonamides is 1. The Morgan fingerprint density at radius 3 is 2.56 bits per heavy atom. The maximum absolute atomic E-state index is 14.6. The summed E-state index contributed by atoms with van der Waals surface area (Å²) in [6, 6.07) is 12.5. The number of anilines is 1. The molecule has 0 atom stereocenters. The fourth-order valence-corrected chi connectivity index (χ4v) is 5.22. The summed E-state index contributed by atoms with van der Waals surface area (Å²) in [6.07, 6.45) is 8.08. The average Bonchev–Trinajstić information content (AvgIpc) is 3.54. The highest BCUT2D eigenvalue weighted by Crippen LogP contribution is 2.34. The number of benzene rings is 1. The van der Waals surface area contributed by atoms with Crippen LogP contribution in [0.4, 0.5) is 10.1 Å². The van der Waals surface area contributed by atoms with Gasteiger partial charge in [0.2, 0.25) is 10.0 Å². The van der Waals surface area contributed by atoms with Crippen LogP contribution in [-0.4, -0.2) is 50.8 Å². The van der Waals surface area contributed by atoms with Crippen molar-refractivity contribution in [2.24, 2.45) is 0 Å². The van der Waals surface area contributed by atoms with E-state index in [4.69, 9.17) is 0 Å². The third-order valence-electron chi connectivity index (χ3n) is 6.52. The molecule has 5 aromatic heterocycles. The van der Waals surface area contributed by atoms with E-state index >= 15 is 0 Å². The van der Waals surface area contributed by atoms with Gasteiger partial charge in [-0.2, -0.15) is 5.10 Å². The number of pyridine rings is 3. The van der Waals surface area contributed by atoms with Gasteiger partial charge in [0.25, 0.3) is 0 Å². The van der Waals surface area contributed by atoms with Crippen molar-refractivity contribution in [3.63, 3.8) is 0 Å². The van der Waals surface area contributed by atoms with Gasteiger partial charge in [0.1, 0.15) is 11.5 Å². The molecule has 0 aliphatic carbocycles. The predicted molar refractivity (Wildman–Crippen MR) is 158 cm³/mol. The molecule has 5 heterocycles. The highest BCUT2D eigenvalue weighted by molar-refractivity contribution is 7.88. The van der Waals surface area contributed by atoms with Gasteiger partial charge < -0.3 is 10.3 Å². The molecule has 12 heteroatoms. The molecule has 0 radical (unpaired) electrons. The maximum Gasteiger partial charge on any atom is 0.209 e. The standard InChI is InChI=1S/C29H27FN8O2S/c1-16(2)35-22-9-19(13-31-15-22)20-10-24-28(37-38-29(24)33-14-20)26-11-23-25(36-26)4-5-32-27(23)18-6-17(7-21(30)8-18)12-34-41(3,39)40/h4-11,13-16,34-36H,12H2,1-3H3,(H,33,37,38). The third-order valence-corrected chi connectivity index (χ3v) is 7.18. The molecule has 0 bridgehead atoms. The number of hydrogen-bond donors (Lipinski definition) is 4. The molecule has 4 N–H and O–H groups in total. The minimum atomic E-state index is -3.43. The molecule has 0 spiro atoms. The Hall–Kier alpha value is -4.68. The summed E-state index contributed by atoms with van der Waals surface area (Å²) in [7, 11) is -3.43. The average molecular weight is 571 g/mol. The molecular weight excluding hydrogens is 543 g/mol. The van der Waals surface area contributed by atoms with Crippen molar-refractivity contribution in [3.8, 4) is 33.8 Å². The van der Waals surface area contributed by atoms with Crippen molar-refractivity contribution < 1.29 is 12.8 Å². The first kappa shape index (κ1) is 26.5. The lowest BCUT2D eigenvalue weighted by Gasteiger charge is -2.10. The highest BCUT2D eigenvalue weighted by Gasteiger charge is 2.17. The van der Waals surface area contributed by atoms with Gasteiger partial charge >= 0.3 is 0 Å². The van der Waals surface area contributed by atoms with E-state index in [1.54, 1.807) is 30.9 Å². The minimum absolute atomic E-state index is 0.0293. The fourth-order valence-electron chi connectivity index (χ4n) is 4.79. The van der Waals surface area contributed by atoms with Crippen LogP contribution in [0.2, 0.25) is 0 Å². The highest BCUT2D eigenvalue weighted by atomic mass is 32.2. The summed E-state index contributed by atoms with van der Waals surface area (Å²) in [5, 5.41) is 12.5. The topological polar surface area (TPSA) is 141 Å². The van der Waals surface area contributed by atoms with Crippen LogP contribution in [0.15, 0.2) is 67.3 Å².